The maximum absolute atomic E-state index is 14.4. The summed E-state index contributed by atoms with van der Waals surface area (Å²) in [6.07, 6.45) is 3.42. The van der Waals surface area contributed by atoms with Crippen molar-refractivity contribution in [1.29, 1.82) is 0 Å². The monoisotopic (exact) mass is 519 g/mol. The number of sulfonamides is 1. The summed E-state index contributed by atoms with van der Waals surface area (Å²) in [5.41, 5.74) is 0.773. The number of rotatable bonds is 9. The van der Waals surface area contributed by atoms with Crippen LogP contribution in [0, 0.1) is 11.7 Å². The molecule has 2 atom stereocenters. The van der Waals surface area contributed by atoms with Gasteiger partial charge in [-0.15, -0.1) is 10.2 Å². The second-order valence-corrected chi connectivity index (χ2v) is 10.4. The third-order valence-electron chi connectivity index (χ3n) is 6.33. The number of hydrogen-bond acceptors (Lipinski definition) is 9. The van der Waals surface area contributed by atoms with Gasteiger partial charge in [0.15, 0.2) is 5.82 Å². The smallest absolute Gasteiger partial charge is 0.240 e. The Kier molecular flexibility index (Phi) is 8.18. The highest BCUT2D eigenvalue weighted by molar-refractivity contribution is 7.89. The topological polar surface area (TPSA) is 155 Å². The molecule has 1 fully saturated rings. The number of nitrogens with one attached hydrogen (secondary N) is 4. The molecule has 1 aromatic heterocycles. The molecule has 2 aromatic rings. The number of hydrogen-bond donors (Lipinski definition) is 4. The molecule has 4 rings (SSSR count). The number of carbonyl (C=O) groups excluding carboxylic acids is 1. The van der Waals surface area contributed by atoms with E-state index in [-0.39, 0.29) is 35.0 Å². The molecule has 194 valence electrons. The number of piperidine rings is 1. The molecule has 0 bridgehead atoms. The van der Waals surface area contributed by atoms with Crippen molar-refractivity contribution in [3.63, 3.8) is 0 Å². The Balaban J connectivity index is 1.33. The second-order valence-electron chi connectivity index (χ2n) is 8.57. The maximum Gasteiger partial charge on any atom is 0.240 e. The number of amides is 1. The molecule has 3 heterocycles. The van der Waals surface area contributed by atoms with Crippen LogP contribution >= 0.6 is 0 Å². The minimum Gasteiger partial charge on any atom is -0.352 e. The summed E-state index contributed by atoms with van der Waals surface area (Å²) in [6.45, 7) is 1.24. The minimum atomic E-state index is -3.86. The molecular weight excluding hydrogens is 489 g/mol. The fourth-order valence-corrected chi connectivity index (χ4v) is 5.22. The van der Waals surface area contributed by atoms with Crippen LogP contribution in [-0.4, -0.2) is 67.4 Å². The number of nitrogens with zero attached hydrogens (tertiary/aromatic N) is 5. The summed E-state index contributed by atoms with van der Waals surface area (Å²) >= 11 is 0. The first-order chi connectivity index (χ1) is 17.3. The van der Waals surface area contributed by atoms with E-state index in [1.807, 2.05) is 17.8 Å². The van der Waals surface area contributed by atoms with Crippen LogP contribution in [0.2, 0.25) is 0 Å². The summed E-state index contributed by atoms with van der Waals surface area (Å²) < 4.78 is 42.9. The predicted molar refractivity (Wildman–Crippen MR) is 131 cm³/mol. The van der Waals surface area contributed by atoms with Crippen molar-refractivity contribution in [2.45, 2.75) is 43.4 Å². The first-order valence-electron chi connectivity index (χ1n) is 11.7. The van der Waals surface area contributed by atoms with Gasteiger partial charge in [-0.2, -0.15) is 0 Å². The molecule has 2 aliphatic rings. The minimum absolute atomic E-state index is 0.0734. The third-order valence-corrected chi connectivity index (χ3v) is 7.83. The highest BCUT2D eigenvalue weighted by Crippen LogP contribution is 2.20. The third kappa shape index (κ3) is 5.83. The highest BCUT2D eigenvalue weighted by atomic mass is 32.2. The van der Waals surface area contributed by atoms with Crippen molar-refractivity contribution in [3.05, 3.63) is 41.2 Å². The normalized spacial score (nSPS) is 20.2. The van der Waals surface area contributed by atoms with E-state index in [4.69, 9.17) is 0 Å². The van der Waals surface area contributed by atoms with Gasteiger partial charge in [0, 0.05) is 37.7 Å². The van der Waals surface area contributed by atoms with Crippen LogP contribution in [0.15, 0.2) is 33.1 Å². The van der Waals surface area contributed by atoms with Crippen LogP contribution in [0.25, 0.3) is 0 Å². The van der Waals surface area contributed by atoms with Crippen molar-refractivity contribution in [1.82, 2.24) is 35.4 Å². The molecule has 1 amide bonds. The van der Waals surface area contributed by atoms with Gasteiger partial charge in [-0.05, 0) is 38.6 Å². The lowest BCUT2D eigenvalue weighted by Crippen LogP contribution is -2.50. The number of aromatic nitrogens is 3. The van der Waals surface area contributed by atoms with Crippen LogP contribution in [0.5, 0.6) is 0 Å². The van der Waals surface area contributed by atoms with Crippen LogP contribution in [-0.2, 0) is 35.0 Å². The van der Waals surface area contributed by atoms with Crippen molar-refractivity contribution in [2.75, 3.05) is 20.3 Å². The molecule has 0 saturated carbocycles. The Hall–Kier alpha value is -3.07. The van der Waals surface area contributed by atoms with Gasteiger partial charge in [0.2, 0.25) is 15.9 Å². The number of aliphatic imine (C=N–C) groups is 2. The number of carbonyl (C=O) groups is 1. The summed E-state index contributed by atoms with van der Waals surface area (Å²) in [5, 5.41) is 17.9. The number of halogens is 1. The zero-order valence-corrected chi connectivity index (χ0v) is 21.0. The summed E-state index contributed by atoms with van der Waals surface area (Å²) in [7, 11) is -0.723. The second kappa shape index (κ2) is 11.3. The maximum atomic E-state index is 14.4. The lowest BCUT2D eigenvalue weighted by atomic mass is 9.94. The van der Waals surface area contributed by atoms with Crippen LogP contribution in [0.1, 0.15) is 36.5 Å². The van der Waals surface area contributed by atoms with Gasteiger partial charge in [0.1, 0.15) is 18.3 Å². The van der Waals surface area contributed by atoms with Crippen LogP contribution < -0.4 is 20.7 Å². The zero-order valence-electron chi connectivity index (χ0n) is 20.2. The zero-order chi connectivity index (χ0) is 25.7. The summed E-state index contributed by atoms with van der Waals surface area (Å²) in [4.78, 5) is 21.1. The summed E-state index contributed by atoms with van der Waals surface area (Å²) in [5.74, 6) is 0.190. The molecular formula is C22H30FN9O3S. The highest BCUT2D eigenvalue weighted by Gasteiger charge is 2.28. The Bertz CT molecular complexity index is 1280. The lowest BCUT2D eigenvalue weighted by Gasteiger charge is -2.30. The Morgan fingerprint density at radius 2 is 2.11 bits per heavy atom. The van der Waals surface area contributed by atoms with Gasteiger partial charge in [-0.25, -0.2) is 17.5 Å². The molecule has 2 aliphatic heterocycles. The molecule has 36 heavy (non-hydrogen) atoms. The van der Waals surface area contributed by atoms with E-state index in [2.05, 4.69) is 40.9 Å². The van der Waals surface area contributed by atoms with Gasteiger partial charge >= 0.3 is 0 Å². The SMILES string of the molecule is CNS(=O)(=O)c1cccc(F)c1CNC(=O)C1CCNC(NCc2nnc(C3=NCN=CC3)n2C)C1. The van der Waals surface area contributed by atoms with Gasteiger partial charge in [-0.1, -0.05) is 6.07 Å². The molecule has 4 N–H and O–H groups in total. The molecule has 1 aromatic carbocycles. The Morgan fingerprint density at radius 3 is 2.86 bits per heavy atom. The van der Waals surface area contributed by atoms with Gasteiger partial charge in [0.05, 0.1) is 23.3 Å². The van der Waals surface area contributed by atoms with E-state index in [9.17, 15) is 17.6 Å². The average Bonchev–Trinajstić information content (AvgIpc) is 3.27. The quantitative estimate of drug-likeness (QED) is 0.358. The van der Waals surface area contributed by atoms with Crippen LogP contribution in [0.3, 0.4) is 0 Å². The standard InChI is InChI=1S/C22H30FN9O3S/c1-24-36(34,35)18-5-3-4-16(23)15(18)11-28-22(33)14-6-9-26-19(10-14)27-12-20-30-31-21(32(20)2)17-7-8-25-13-29-17/h3-5,8,14,19,24,26-27H,6-7,9-13H2,1-2H3,(H,28,33). The molecule has 14 heteroatoms. The molecule has 0 radical (unpaired) electrons. The van der Waals surface area contributed by atoms with E-state index in [1.54, 1.807) is 0 Å². The average molecular weight is 520 g/mol. The van der Waals surface area contributed by atoms with Crippen molar-refractivity contribution >= 4 is 27.9 Å². The van der Waals surface area contributed by atoms with E-state index in [0.717, 1.165) is 11.5 Å². The predicted octanol–water partition coefficient (Wildman–Crippen LogP) is -0.185. The molecule has 0 spiro atoms. The fraction of sp³-hybridized carbons (Fsp3) is 0.500. The summed E-state index contributed by atoms with van der Waals surface area (Å²) in [6, 6.07) is 3.81. The van der Waals surface area contributed by atoms with Crippen molar-refractivity contribution < 1.29 is 17.6 Å². The van der Waals surface area contributed by atoms with E-state index < -0.39 is 15.8 Å². The van der Waals surface area contributed by atoms with Crippen molar-refractivity contribution in [3.8, 4) is 0 Å². The molecule has 2 unspecified atom stereocenters. The number of benzene rings is 1. The Morgan fingerprint density at radius 1 is 1.28 bits per heavy atom. The van der Waals surface area contributed by atoms with Gasteiger partial charge < -0.3 is 15.2 Å². The molecule has 1 saturated heterocycles. The van der Waals surface area contributed by atoms with Crippen molar-refractivity contribution in [2.24, 2.45) is 23.0 Å². The lowest BCUT2D eigenvalue weighted by molar-refractivity contribution is -0.126. The van der Waals surface area contributed by atoms with E-state index in [0.29, 0.717) is 44.8 Å². The van der Waals surface area contributed by atoms with E-state index in [1.165, 1.54) is 25.2 Å². The first kappa shape index (κ1) is 26.0. The largest absolute Gasteiger partial charge is 0.352 e. The van der Waals surface area contributed by atoms with Crippen LogP contribution in [0.4, 0.5) is 4.39 Å². The first-order valence-corrected chi connectivity index (χ1v) is 13.1. The van der Waals surface area contributed by atoms with Gasteiger partial charge in [0.25, 0.3) is 0 Å². The van der Waals surface area contributed by atoms with E-state index >= 15 is 0 Å². The molecule has 0 aliphatic carbocycles. The Labute approximate surface area is 208 Å². The van der Waals surface area contributed by atoms with Gasteiger partial charge in [-0.3, -0.25) is 20.1 Å². The molecule has 12 nitrogen and oxygen atoms in total. The fourth-order valence-electron chi connectivity index (χ4n) is 4.25.